The van der Waals surface area contributed by atoms with Crippen LogP contribution in [0, 0.1) is 10.7 Å². The minimum absolute atomic E-state index is 0.331. The molecule has 0 saturated carbocycles. The molecule has 14 heavy (non-hydrogen) atoms. The Morgan fingerprint density at radius 1 is 1.57 bits per heavy atom. The van der Waals surface area contributed by atoms with E-state index in [9.17, 15) is 4.21 Å². The van der Waals surface area contributed by atoms with E-state index in [0.29, 0.717) is 11.7 Å². The summed E-state index contributed by atoms with van der Waals surface area (Å²) in [5.41, 5.74) is 0. The van der Waals surface area contributed by atoms with Crippen LogP contribution in [0.1, 0.15) is 33.6 Å². The molecular formula is C8H22B3NOS. The van der Waals surface area contributed by atoms with Crippen LogP contribution < -0.4 is 0 Å². The van der Waals surface area contributed by atoms with Gasteiger partial charge in [-0.25, -0.2) is 0 Å². The summed E-state index contributed by atoms with van der Waals surface area (Å²) in [6.07, 6.45) is 2.31. The fraction of sp³-hybridized carbons (Fsp3) is 1.00. The standard InChI is InChI=1S/C8H22B3NOS/c1-4-5-6(2)7(9)8(3,10)14(11,12)13/h6-7,12H,4-5,9-11H2,1-3H3. The summed E-state index contributed by atoms with van der Waals surface area (Å²) in [5.74, 6) is 0.874. The van der Waals surface area contributed by atoms with Crippen molar-refractivity contribution in [3.8, 4) is 0 Å². The fourth-order valence-electron chi connectivity index (χ4n) is 1.75. The van der Waals surface area contributed by atoms with Gasteiger partial charge in [0.25, 0.3) is 0 Å². The average molecular weight is 213 g/mol. The lowest BCUT2D eigenvalue weighted by Crippen LogP contribution is -2.42. The monoisotopic (exact) mass is 213 g/mol. The van der Waals surface area contributed by atoms with E-state index in [0.717, 1.165) is 12.8 Å². The highest BCUT2D eigenvalue weighted by atomic mass is 32.2. The van der Waals surface area contributed by atoms with Gasteiger partial charge in [-0.3, -0.25) is 8.99 Å². The Labute approximate surface area is 91.7 Å². The molecule has 0 saturated heterocycles. The first-order valence-corrected chi connectivity index (χ1v) is 7.34. The summed E-state index contributed by atoms with van der Waals surface area (Å²) < 4.78 is 19.2. The van der Waals surface area contributed by atoms with Crippen LogP contribution in [0.3, 0.4) is 0 Å². The van der Waals surface area contributed by atoms with Gasteiger partial charge in [0.2, 0.25) is 7.12 Å². The van der Waals surface area contributed by atoms with Gasteiger partial charge in [0, 0.05) is 4.65 Å². The fourth-order valence-corrected chi connectivity index (χ4v) is 2.69. The third kappa shape index (κ3) is 3.08. The van der Waals surface area contributed by atoms with Gasteiger partial charge in [-0.1, -0.05) is 39.4 Å². The van der Waals surface area contributed by atoms with E-state index in [-0.39, 0.29) is 4.65 Å². The van der Waals surface area contributed by atoms with Crippen molar-refractivity contribution in [3.05, 3.63) is 0 Å². The lowest BCUT2D eigenvalue weighted by atomic mass is 9.61. The van der Waals surface area contributed by atoms with Gasteiger partial charge >= 0.3 is 0 Å². The molecular weight excluding hydrogens is 191 g/mol. The van der Waals surface area contributed by atoms with Crippen molar-refractivity contribution in [3.63, 3.8) is 0 Å². The van der Waals surface area contributed by atoms with E-state index in [2.05, 4.69) is 21.7 Å². The predicted molar refractivity (Wildman–Crippen MR) is 72.7 cm³/mol. The van der Waals surface area contributed by atoms with Crippen LogP contribution >= 0.6 is 0 Å². The molecule has 0 spiro atoms. The molecule has 0 fully saturated rings. The van der Waals surface area contributed by atoms with Gasteiger partial charge in [-0.2, -0.15) is 0 Å². The summed E-state index contributed by atoms with van der Waals surface area (Å²) in [7, 11) is 3.17. The minimum Gasteiger partial charge on any atom is -0.263 e. The highest BCUT2D eigenvalue weighted by molar-refractivity contribution is 8.15. The van der Waals surface area contributed by atoms with Gasteiger partial charge in [0.15, 0.2) is 0 Å². The van der Waals surface area contributed by atoms with Gasteiger partial charge in [0.1, 0.15) is 15.7 Å². The van der Waals surface area contributed by atoms with Gasteiger partial charge < -0.3 is 0 Å². The highest BCUT2D eigenvalue weighted by Gasteiger charge is 2.35. The Morgan fingerprint density at radius 3 is 2.29 bits per heavy atom. The van der Waals surface area contributed by atoms with Crippen LogP contribution in [0.4, 0.5) is 0 Å². The first kappa shape index (κ1) is 14.1. The third-order valence-electron chi connectivity index (χ3n) is 3.70. The Morgan fingerprint density at radius 2 is 2.00 bits per heavy atom. The lowest BCUT2D eigenvalue weighted by Gasteiger charge is -2.37. The van der Waals surface area contributed by atoms with Crippen LogP contribution in [-0.4, -0.2) is 31.7 Å². The molecule has 0 aliphatic heterocycles. The smallest absolute Gasteiger partial charge is 0.229 e. The van der Waals surface area contributed by atoms with E-state index in [1.54, 1.807) is 7.12 Å². The van der Waals surface area contributed by atoms with Gasteiger partial charge in [-0.05, 0) is 15.5 Å². The Balaban J connectivity index is 4.75. The zero-order valence-electron chi connectivity index (χ0n) is 10.4. The zero-order chi connectivity index (χ0) is 11.6. The van der Waals surface area contributed by atoms with Crippen LogP contribution in [0.2, 0.25) is 5.82 Å². The predicted octanol–water partition coefficient (Wildman–Crippen LogP) is -0.212. The van der Waals surface area contributed by atoms with Gasteiger partial charge in [0.05, 0.1) is 0 Å². The SMILES string of the molecule is BC(C(C)CCC)C(B)(C)S(B)(=N)=O. The molecule has 0 rings (SSSR count). The van der Waals surface area contributed by atoms with Gasteiger partial charge in [-0.15, -0.1) is 0 Å². The van der Waals surface area contributed by atoms with Crippen LogP contribution in [0.5, 0.6) is 0 Å². The maximum Gasteiger partial charge on any atom is 0.229 e. The minimum atomic E-state index is -2.46. The molecule has 0 heterocycles. The van der Waals surface area contributed by atoms with Crippen molar-refractivity contribution in [2.45, 2.75) is 44.1 Å². The van der Waals surface area contributed by atoms with E-state index in [1.165, 1.54) is 0 Å². The molecule has 0 aliphatic rings. The average Bonchev–Trinajstić information content (AvgIpc) is 2.01. The van der Waals surface area contributed by atoms with E-state index < -0.39 is 9.58 Å². The Kier molecular flexibility index (Phi) is 4.83. The molecule has 0 aromatic rings. The first-order chi connectivity index (χ1) is 6.14. The maximum atomic E-state index is 11.8. The molecule has 4 atom stereocenters. The lowest BCUT2D eigenvalue weighted by molar-refractivity contribution is 0.465. The topological polar surface area (TPSA) is 40.9 Å². The van der Waals surface area contributed by atoms with Crippen LogP contribution in [0.15, 0.2) is 0 Å². The summed E-state index contributed by atoms with van der Waals surface area (Å²) >= 11 is 0. The molecule has 0 aromatic carbocycles. The normalized spacial score (nSPS) is 24.5. The van der Waals surface area contributed by atoms with Crippen molar-refractivity contribution >= 4 is 32.4 Å². The van der Waals surface area contributed by atoms with Crippen molar-refractivity contribution in [1.29, 1.82) is 4.78 Å². The number of hydrogen-bond donors (Lipinski definition) is 1. The largest absolute Gasteiger partial charge is 0.263 e. The second-order valence-corrected chi connectivity index (χ2v) is 7.74. The quantitative estimate of drug-likeness (QED) is 0.630. The number of nitrogens with one attached hydrogen (secondary N) is 1. The van der Waals surface area contributed by atoms with E-state index in [1.807, 2.05) is 14.8 Å². The van der Waals surface area contributed by atoms with Crippen molar-refractivity contribution in [2.75, 3.05) is 0 Å². The molecule has 0 bridgehead atoms. The maximum absolute atomic E-state index is 11.8. The highest BCUT2D eigenvalue weighted by Crippen LogP contribution is 2.34. The summed E-state index contributed by atoms with van der Waals surface area (Å²) in [5, 5.41) is 0. The summed E-state index contributed by atoms with van der Waals surface area (Å²) in [6.45, 7) is 6.32. The first-order valence-electron chi connectivity index (χ1n) is 5.38. The molecule has 1 N–H and O–H groups in total. The second kappa shape index (κ2) is 4.78. The number of hydrogen-bond acceptors (Lipinski definition) is 2. The molecule has 0 aliphatic carbocycles. The molecule has 0 amide bonds. The Hall–Kier alpha value is 0.145. The van der Waals surface area contributed by atoms with Crippen molar-refractivity contribution < 1.29 is 4.21 Å². The molecule has 80 valence electrons. The molecule has 4 unspecified atom stereocenters. The molecule has 6 heteroatoms. The number of rotatable bonds is 5. The molecule has 0 aromatic heterocycles. The van der Waals surface area contributed by atoms with E-state index >= 15 is 0 Å². The summed E-state index contributed by atoms with van der Waals surface area (Å²) in [4.78, 5) is 0. The molecule has 2 nitrogen and oxygen atoms in total. The van der Waals surface area contributed by atoms with Crippen LogP contribution in [-0.2, 0) is 9.58 Å². The second-order valence-electron chi connectivity index (χ2n) is 5.00. The zero-order valence-corrected chi connectivity index (χ0v) is 11.2. The van der Waals surface area contributed by atoms with E-state index in [4.69, 9.17) is 4.78 Å². The Bertz CT molecular complexity index is 276. The summed E-state index contributed by atoms with van der Waals surface area (Å²) in [6, 6.07) is 0. The molecule has 0 radical (unpaired) electrons. The van der Waals surface area contributed by atoms with Crippen molar-refractivity contribution in [1.82, 2.24) is 0 Å². The third-order valence-corrected chi connectivity index (χ3v) is 6.08. The van der Waals surface area contributed by atoms with Crippen molar-refractivity contribution in [2.24, 2.45) is 5.92 Å². The van der Waals surface area contributed by atoms with Crippen LogP contribution in [0.25, 0.3) is 0 Å².